The number of rotatable bonds is 7. The molecule has 0 bridgehead atoms. The summed E-state index contributed by atoms with van der Waals surface area (Å²) in [5.74, 6) is -1.64. The van der Waals surface area contributed by atoms with Crippen molar-refractivity contribution < 1.29 is 28.6 Å². The zero-order valence-electron chi connectivity index (χ0n) is 21.0. The average Bonchev–Trinajstić information content (AvgIpc) is 3.44. The van der Waals surface area contributed by atoms with Gasteiger partial charge in [-0.05, 0) is 73.0 Å². The van der Waals surface area contributed by atoms with E-state index in [0.717, 1.165) is 16.7 Å². The topological polar surface area (TPSA) is 89.0 Å². The quantitative estimate of drug-likeness (QED) is 0.174. The van der Waals surface area contributed by atoms with Gasteiger partial charge in [-0.25, -0.2) is 9.37 Å². The monoisotopic (exact) mass is 532 g/mol. The summed E-state index contributed by atoms with van der Waals surface area (Å²) in [6, 6.07) is 14.9. The number of Topliss-reactive ketones (excluding diaryl/α,β-unsaturated/α-hetero) is 1. The third-order valence-corrected chi connectivity index (χ3v) is 7.28. The number of methoxy groups -OCH3 is 1. The minimum atomic E-state index is -1.00. The molecule has 1 aliphatic heterocycles. The molecule has 1 amide bonds. The molecule has 0 radical (unpaired) electrons. The molecule has 1 atom stereocenters. The van der Waals surface area contributed by atoms with Crippen LogP contribution in [0.2, 0.25) is 0 Å². The molecule has 7 nitrogen and oxygen atoms in total. The number of nitrogens with zero attached hydrogens (tertiary/aromatic N) is 2. The van der Waals surface area contributed by atoms with Crippen LogP contribution in [0.4, 0.5) is 9.52 Å². The van der Waals surface area contributed by atoms with Gasteiger partial charge >= 0.3 is 5.91 Å². The Morgan fingerprint density at radius 3 is 2.55 bits per heavy atom. The maximum absolute atomic E-state index is 13.6. The number of carbonyl (C=O) groups is 2. The van der Waals surface area contributed by atoms with Crippen LogP contribution in [0.15, 0.2) is 66.2 Å². The molecule has 1 N–H and O–H groups in total. The molecule has 0 spiro atoms. The maximum atomic E-state index is 13.6. The number of halogens is 1. The van der Waals surface area contributed by atoms with E-state index in [4.69, 9.17) is 9.47 Å². The lowest BCUT2D eigenvalue weighted by atomic mass is 9.95. The number of aryl methyl sites for hydroxylation is 1. The predicted molar refractivity (Wildman–Crippen MR) is 144 cm³/mol. The van der Waals surface area contributed by atoms with E-state index in [0.29, 0.717) is 34.3 Å². The smallest absolute Gasteiger partial charge is 0.301 e. The van der Waals surface area contributed by atoms with E-state index in [2.05, 4.69) is 4.98 Å². The molecule has 1 aromatic heterocycles. The zero-order chi connectivity index (χ0) is 27.0. The van der Waals surface area contributed by atoms with Crippen molar-refractivity contribution in [3.05, 3.63) is 88.7 Å². The summed E-state index contributed by atoms with van der Waals surface area (Å²) in [4.78, 5) is 32.8. The minimum absolute atomic E-state index is 0.124. The fourth-order valence-corrected chi connectivity index (χ4v) is 5.51. The Balaban J connectivity index is 1.71. The number of fused-ring (bicyclic) bond motifs is 1. The van der Waals surface area contributed by atoms with E-state index in [1.165, 1.54) is 47.6 Å². The summed E-state index contributed by atoms with van der Waals surface area (Å²) < 4.78 is 25.8. The van der Waals surface area contributed by atoms with Gasteiger partial charge < -0.3 is 14.6 Å². The highest BCUT2D eigenvalue weighted by atomic mass is 32.1. The number of ketones is 1. The molecule has 0 aliphatic carbocycles. The fraction of sp³-hybridized carbons (Fsp3) is 0.207. The number of aliphatic hydroxyl groups is 1. The number of aliphatic hydroxyl groups excluding tert-OH is 1. The van der Waals surface area contributed by atoms with Gasteiger partial charge in [-0.2, -0.15) is 0 Å². The van der Waals surface area contributed by atoms with Crippen LogP contribution in [0.1, 0.15) is 36.1 Å². The molecule has 2 heterocycles. The number of hydrogen-bond acceptors (Lipinski definition) is 7. The highest BCUT2D eigenvalue weighted by Crippen LogP contribution is 2.46. The molecule has 1 aliphatic rings. The van der Waals surface area contributed by atoms with Crippen molar-refractivity contribution >= 4 is 44.1 Å². The lowest BCUT2D eigenvalue weighted by Crippen LogP contribution is -2.29. The largest absolute Gasteiger partial charge is 0.507 e. The van der Waals surface area contributed by atoms with Gasteiger partial charge in [0.2, 0.25) is 0 Å². The van der Waals surface area contributed by atoms with Crippen molar-refractivity contribution in [1.29, 1.82) is 0 Å². The highest BCUT2D eigenvalue weighted by molar-refractivity contribution is 7.22. The number of benzene rings is 3. The number of aromatic nitrogens is 1. The molecule has 1 fully saturated rings. The Hall–Kier alpha value is -4.24. The molecule has 38 heavy (non-hydrogen) atoms. The standard InChI is InChI=1S/C29H25FN2O5S/c1-4-13-37-21-12-8-18(15-22(21)36-3)25-24(26(33)17-6-9-19(30)10-7-17)27(34)28(35)32(25)29-31-20-11-5-16(2)14-23(20)38-29/h5-12,14-15,25,33H,4,13H2,1-3H3/b26-24+/t25-/m1/s1. The number of hydrogen-bond donors (Lipinski definition) is 1. The lowest BCUT2D eigenvalue weighted by Gasteiger charge is -2.24. The van der Waals surface area contributed by atoms with Crippen LogP contribution in [-0.4, -0.2) is 35.5 Å². The third kappa shape index (κ3) is 4.50. The van der Waals surface area contributed by atoms with Crippen LogP contribution < -0.4 is 14.4 Å². The second-order valence-electron chi connectivity index (χ2n) is 8.90. The molecule has 4 aromatic rings. The summed E-state index contributed by atoms with van der Waals surface area (Å²) in [5, 5.41) is 11.6. The van der Waals surface area contributed by atoms with Gasteiger partial charge in [0.1, 0.15) is 11.6 Å². The first-order valence-electron chi connectivity index (χ1n) is 12.1. The van der Waals surface area contributed by atoms with Gasteiger partial charge in [0.15, 0.2) is 16.6 Å². The van der Waals surface area contributed by atoms with Gasteiger partial charge in [0.25, 0.3) is 5.78 Å². The lowest BCUT2D eigenvalue weighted by molar-refractivity contribution is -0.132. The van der Waals surface area contributed by atoms with E-state index in [-0.39, 0.29) is 11.1 Å². The summed E-state index contributed by atoms with van der Waals surface area (Å²) in [6.45, 7) is 4.44. The van der Waals surface area contributed by atoms with Crippen LogP contribution in [0.3, 0.4) is 0 Å². The maximum Gasteiger partial charge on any atom is 0.301 e. The van der Waals surface area contributed by atoms with Crippen molar-refractivity contribution in [3.63, 3.8) is 0 Å². The van der Waals surface area contributed by atoms with Crippen LogP contribution in [0.5, 0.6) is 11.5 Å². The summed E-state index contributed by atoms with van der Waals surface area (Å²) in [6.07, 6.45) is 0.805. The summed E-state index contributed by atoms with van der Waals surface area (Å²) in [7, 11) is 1.50. The Bertz CT molecular complexity index is 1580. The van der Waals surface area contributed by atoms with Crippen LogP contribution >= 0.6 is 11.3 Å². The first-order chi connectivity index (χ1) is 18.3. The van der Waals surface area contributed by atoms with Crippen molar-refractivity contribution in [1.82, 2.24) is 4.98 Å². The van der Waals surface area contributed by atoms with Crippen molar-refractivity contribution in [2.45, 2.75) is 26.3 Å². The van der Waals surface area contributed by atoms with E-state index >= 15 is 0 Å². The Kier molecular flexibility index (Phi) is 6.86. The fourth-order valence-electron chi connectivity index (χ4n) is 4.42. The molecular weight excluding hydrogens is 507 g/mol. The molecule has 3 aromatic carbocycles. The Labute approximate surface area is 222 Å². The van der Waals surface area contributed by atoms with Crippen LogP contribution in [-0.2, 0) is 9.59 Å². The normalized spacial score (nSPS) is 16.8. The SMILES string of the molecule is CCCOc1ccc([C@@H]2/C(=C(\O)c3ccc(F)cc3)C(=O)C(=O)N2c2nc3ccc(C)cc3s2)cc1OC. The van der Waals surface area contributed by atoms with Crippen molar-refractivity contribution in [3.8, 4) is 11.5 Å². The molecule has 0 saturated carbocycles. The Morgan fingerprint density at radius 1 is 1.08 bits per heavy atom. The zero-order valence-corrected chi connectivity index (χ0v) is 21.8. The highest BCUT2D eigenvalue weighted by Gasteiger charge is 2.48. The number of thiazole rings is 1. The van der Waals surface area contributed by atoms with E-state index in [9.17, 15) is 19.1 Å². The van der Waals surface area contributed by atoms with Crippen molar-refractivity contribution in [2.75, 3.05) is 18.6 Å². The number of amides is 1. The number of anilines is 1. The van der Waals surface area contributed by atoms with Gasteiger partial charge in [-0.3, -0.25) is 14.5 Å². The second kappa shape index (κ2) is 10.3. The third-order valence-electron chi connectivity index (χ3n) is 6.27. The van der Waals surface area contributed by atoms with Crippen LogP contribution in [0.25, 0.3) is 16.0 Å². The van der Waals surface area contributed by atoms with E-state index in [1.807, 2.05) is 32.0 Å². The summed E-state index contributed by atoms with van der Waals surface area (Å²) >= 11 is 1.28. The second-order valence-corrected chi connectivity index (χ2v) is 9.91. The number of carbonyl (C=O) groups excluding carboxylic acids is 2. The molecule has 194 valence electrons. The van der Waals surface area contributed by atoms with Gasteiger partial charge in [-0.1, -0.05) is 30.4 Å². The number of ether oxygens (including phenoxy) is 2. The minimum Gasteiger partial charge on any atom is -0.507 e. The summed E-state index contributed by atoms with van der Waals surface area (Å²) in [5.41, 5.74) is 2.33. The Morgan fingerprint density at radius 2 is 1.84 bits per heavy atom. The first-order valence-corrected chi connectivity index (χ1v) is 12.9. The van der Waals surface area contributed by atoms with Gasteiger partial charge in [0.05, 0.1) is 35.5 Å². The van der Waals surface area contributed by atoms with Crippen molar-refractivity contribution in [2.24, 2.45) is 0 Å². The molecule has 9 heteroatoms. The van der Waals surface area contributed by atoms with Crippen LogP contribution in [0, 0.1) is 12.7 Å². The molecule has 5 rings (SSSR count). The molecule has 1 saturated heterocycles. The van der Waals surface area contributed by atoms with E-state index < -0.39 is 29.3 Å². The molecule has 0 unspecified atom stereocenters. The van der Waals surface area contributed by atoms with Gasteiger partial charge in [0, 0.05) is 5.56 Å². The molecular formula is C29H25FN2O5S. The predicted octanol–water partition coefficient (Wildman–Crippen LogP) is 6.17. The first kappa shape index (κ1) is 25.4. The van der Waals surface area contributed by atoms with Gasteiger partial charge in [-0.15, -0.1) is 0 Å². The average molecular weight is 533 g/mol. The van der Waals surface area contributed by atoms with E-state index in [1.54, 1.807) is 18.2 Å².